The molecule has 0 aliphatic heterocycles. The number of aromatic nitrogens is 4. The van der Waals surface area contributed by atoms with E-state index in [1.807, 2.05) is 85.2 Å². The van der Waals surface area contributed by atoms with E-state index in [-0.39, 0.29) is 0 Å². The zero-order valence-electron chi connectivity index (χ0n) is 30.7. The minimum atomic E-state index is 0.584. The molecule has 0 atom stereocenters. The van der Waals surface area contributed by atoms with Gasteiger partial charge in [0.2, 0.25) is 0 Å². The van der Waals surface area contributed by atoms with E-state index in [0.717, 1.165) is 72.0 Å². The quantitative estimate of drug-likeness (QED) is 0.160. The third kappa shape index (κ3) is 5.81. The molecular weight excluding hydrogens is 697 g/mol. The molecule has 11 aromatic rings. The molecule has 0 saturated heterocycles. The normalized spacial score (nSPS) is 11.5. The summed E-state index contributed by atoms with van der Waals surface area (Å²) >= 11 is 0. The van der Waals surface area contributed by atoms with E-state index in [1.54, 1.807) is 0 Å². The van der Waals surface area contributed by atoms with Crippen molar-refractivity contribution in [2.45, 2.75) is 0 Å². The molecule has 0 saturated carbocycles. The van der Waals surface area contributed by atoms with Crippen molar-refractivity contribution in [3.8, 4) is 67.5 Å². The van der Waals surface area contributed by atoms with Crippen LogP contribution in [0, 0.1) is 0 Å². The van der Waals surface area contributed by atoms with E-state index >= 15 is 0 Å². The van der Waals surface area contributed by atoms with Gasteiger partial charge in [-0.2, -0.15) is 0 Å². The second-order valence-electron chi connectivity index (χ2n) is 14.3. The Morgan fingerprint density at radius 2 is 0.895 bits per heavy atom. The monoisotopic (exact) mass is 728 g/mol. The van der Waals surface area contributed by atoms with Crippen LogP contribution in [0.25, 0.3) is 111 Å². The second kappa shape index (κ2) is 13.5. The van der Waals surface area contributed by atoms with Crippen molar-refractivity contribution in [1.82, 2.24) is 19.9 Å². The van der Waals surface area contributed by atoms with Crippen LogP contribution in [0.5, 0.6) is 0 Å². The van der Waals surface area contributed by atoms with Gasteiger partial charge in [-0.15, -0.1) is 0 Å². The van der Waals surface area contributed by atoms with Gasteiger partial charge in [-0.1, -0.05) is 133 Å². The Morgan fingerprint density at radius 1 is 0.316 bits per heavy atom. The van der Waals surface area contributed by atoms with Gasteiger partial charge in [0, 0.05) is 39.9 Å². The Kier molecular flexibility index (Phi) is 7.74. The van der Waals surface area contributed by atoms with Crippen molar-refractivity contribution < 1.29 is 4.42 Å². The maximum absolute atomic E-state index is 6.30. The highest BCUT2D eigenvalue weighted by molar-refractivity contribution is 6.14. The number of nitrogens with zero attached hydrogens (tertiary/aromatic N) is 4. The zero-order valence-corrected chi connectivity index (χ0v) is 30.7. The minimum absolute atomic E-state index is 0.584. The fraction of sp³-hybridized carbons (Fsp3) is 0. The van der Waals surface area contributed by atoms with Gasteiger partial charge in [-0.3, -0.25) is 4.98 Å². The van der Waals surface area contributed by atoms with E-state index in [1.165, 1.54) is 21.5 Å². The number of fused-ring (bicyclic) bond motifs is 6. The van der Waals surface area contributed by atoms with Gasteiger partial charge >= 0.3 is 0 Å². The van der Waals surface area contributed by atoms with E-state index < -0.39 is 0 Å². The number of benzene rings is 8. The first-order chi connectivity index (χ1) is 28.2. The van der Waals surface area contributed by atoms with Gasteiger partial charge in [0.15, 0.2) is 17.5 Å². The van der Waals surface area contributed by atoms with Gasteiger partial charge in [-0.05, 0) is 103 Å². The molecule has 0 aliphatic carbocycles. The summed E-state index contributed by atoms with van der Waals surface area (Å²) in [5.74, 6) is 1.77. The summed E-state index contributed by atoms with van der Waals surface area (Å²) in [6.07, 6.45) is 3.66. The number of furan rings is 1. The Labute approximate surface area is 328 Å². The Bertz CT molecular complexity index is 3280. The van der Waals surface area contributed by atoms with Gasteiger partial charge in [0.1, 0.15) is 11.2 Å². The molecule has 0 N–H and O–H groups in total. The van der Waals surface area contributed by atoms with Crippen molar-refractivity contribution in [3.05, 3.63) is 194 Å². The molecule has 5 heteroatoms. The van der Waals surface area contributed by atoms with Crippen LogP contribution < -0.4 is 0 Å². The lowest BCUT2D eigenvalue weighted by atomic mass is 9.90. The lowest BCUT2D eigenvalue weighted by Crippen LogP contribution is -2.01. The highest BCUT2D eigenvalue weighted by Crippen LogP contribution is 2.40. The highest BCUT2D eigenvalue weighted by Gasteiger charge is 2.19. The Balaban J connectivity index is 1.17. The van der Waals surface area contributed by atoms with Crippen LogP contribution >= 0.6 is 0 Å². The number of hydrogen-bond donors (Lipinski definition) is 0. The first-order valence-electron chi connectivity index (χ1n) is 19.0. The number of hydrogen-bond acceptors (Lipinski definition) is 5. The summed E-state index contributed by atoms with van der Waals surface area (Å²) in [5, 5.41) is 6.83. The fourth-order valence-corrected chi connectivity index (χ4v) is 8.07. The number of pyridine rings is 1. The van der Waals surface area contributed by atoms with Crippen LogP contribution in [0.1, 0.15) is 0 Å². The molecule has 57 heavy (non-hydrogen) atoms. The molecule has 0 spiro atoms. The van der Waals surface area contributed by atoms with Crippen LogP contribution in [0.15, 0.2) is 199 Å². The highest BCUT2D eigenvalue weighted by atomic mass is 16.3. The standard InChI is InChI=1S/C52H32N4O/c1-2-11-36(12-3-1)50-54-51(56-52(55-50)45-18-10-20-48-49(45)44-17-8-9-19-47(44)57-48)40-30-38(34-23-21-33(22-24-34)35-25-27-53-28-26-35)29-39(31-40)46-32-37-13-4-5-14-41(37)42-15-6-7-16-43(42)46/h1-32H. The van der Waals surface area contributed by atoms with E-state index in [9.17, 15) is 0 Å². The molecular formula is C52H32N4O. The van der Waals surface area contributed by atoms with Gasteiger partial charge in [0.05, 0.1) is 0 Å². The molecule has 266 valence electrons. The summed E-state index contributed by atoms with van der Waals surface area (Å²) in [5.41, 5.74) is 10.9. The van der Waals surface area contributed by atoms with Crippen LogP contribution in [0.4, 0.5) is 0 Å². The largest absolute Gasteiger partial charge is 0.456 e. The smallest absolute Gasteiger partial charge is 0.164 e. The van der Waals surface area contributed by atoms with Gasteiger partial charge < -0.3 is 4.42 Å². The van der Waals surface area contributed by atoms with Gasteiger partial charge in [-0.25, -0.2) is 15.0 Å². The summed E-state index contributed by atoms with van der Waals surface area (Å²) in [4.78, 5) is 19.9. The molecule has 8 aromatic carbocycles. The number of rotatable bonds is 6. The minimum Gasteiger partial charge on any atom is -0.456 e. The number of para-hydroxylation sites is 1. The SMILES string of the molecule is c1ccc(-c2nc(-c3cc(-c4ccc(-c5ccncc5)cc4)cc(-c4cc5ccccc5c5ccccc45)c3)nc(-c3cccc4oc5ccccc5c34)n2)cc1. The van der Waals surface area contributed by atoms with Crippen LogP contribution in [0.3, 0.4) is 0 Å². The zero-order chi connectivity index (χ0) is 37.7. The van der Waals surface area contributed by atoms with Crippen molar-refractivity contribution in [2.24, 2.45) is 0 Å². The summed E-state index contributed by atoms with van der Waals surface area (Å²) in [7, 11) is 0. The predicted octanol–water partition coefficient (Wildman–Crippen LogP) is 13.5. The van der Waals surface area contributed by atoms with Crippen molar-refractivity contribution >= 4 is 43.5 Å². The van der Waals surface area contributed by atoms with Crippen molar-refractivity contribution in [3.63, 3.8) is 0 Å². The maximum atomic E-state index is 6.30. The molecule has 3 aromatic heterocycles. The van der Waals surface area contributed by atoms with Crippen molar-refractivity contribution in [1.29, 1.82) is 0 Å². The topological polar surface area (TPSA) is 64.7 Å². The van der Waals surface area contributed by atoms with Gasteiger partial charge in [0.25, 0.3) is 0 Å². The van der Waals surface area contributed by atoms with Crippen LogP contribution in [-0.2, 0) is 0 Å². The van der Waals surface area contributed by atoms with E-state index in [2.05, 4.69) is 114 Å². The average molecular weight is 729 g/mol. The molecule has 0 aliphatic rings. The third-order valence-corrected chi connectivity index (χ3v) is 10.8. The molecule has 0 amide bonds. The molecule has 5 nitrogen and oxygen atoms in total. The molecule has 0 fully saturated rings. The first kappa shape index (κ1) is 32.7. The van der Waals surface area contributed by atoms with E-state index in [4.69, 9.17) is 19.4 Å². The predicted molar refractivity (Wildman–Crippen MR) is 233 cm³/mol. The van der Waals surface area contributed by atoms with Crippen LogP contribution in [-0.4, -0.2) is 19.9 Å². The lowest BCUT2D eigenvalue weighted by molar-refractivity contribution is 0.669. The molecule has 3 heterocycles. The summed E-state index contributed by atoms with van der Waals surface area (Å²) < 4.78 is 6.30. The van der Waals surface area contributed by atoms with E-state index in [0.29, 0.717) is 17.5 Å². The first-order valence-corrected chi connectivity index (χ1v) is 19.0. The Hall–Kier alpha value is -7.76. The summed E-state index contributed by atoms with van der Waals surface area (Å²) in [6, 6.07) is 63.5. The second-order valence-corrected chi connectivity index (χ2v) is 14.3. The Morgan fingerprint density at radius 3 is 1.70 bits per heavy atom. The lowest BCUT2D eigenvalue weighted by Gasteiger charge is -2.15. The molecule has 0 unspecified atom stereocenters. The fourth-order valence-electron chi connectivity index (χ4n) is 8.07. The molecule has 0 radical (unpaired) electrons. The van der Waals surface area contributed by atoms with Crippen molar-refractivity contribution in [2.75, 3.05) is 0 Å². The summed E-state index contributed by atoms with van der Waals surface area (Å²) in [6.45, 7) is 0. The molecule has 0 bridgehead atoms. The average Bonchev–Trinajstić information content (AvgIpc) is 3.68. The molecule has 11 rings (SSSR count). The third-order valence-electron chi connectivity index (χ3n) is 10.8. The maximum Gasteiger partial charge on any atom is 0.164 e. The van der Waals surface area contributed by atoms with Crippen LogP contribution in [0.2, 0.25) is 0 Å².